The first-order valence-corrected chi connectivity index (χ1v) is 9.25. The number of aromatic nitrogens is 3. The van der Waals surface area contributed by atoms with Gasteiger partial charge in [-0.05, 0) is 24.1 Å². The van der Waals surface area contributed by atoms with E-state index in [0.29, 0.717) is 50.2 Å². The molecule has 0 bridgehead atoms. The molecule has 150 valence electrons. The van der Waals surface area contributed by atoms with E-state index in [2.05, 4.69) is 20.5 Å². The molecule has 1 N–H and O–H groups in total. The maximum absolute atomic E-state index is 11.4. The number of nitrogens with one attached hydrogen (secondary N) is 1. The summed E-state index contributed by atoms with van der Waals surface area (Å²) in [6.07, 6.45) is 2.42. The largest absolute Gasteiger partial charge is 0.493 e. The molecule has 0 spiro atoms. The third kappa shape index (κ3) is 4.79. The minimum Gasteiger partial charge on any atom is -0.493 e. The predicted molar refractivity (Wildman–Crippen MR) is 106 cm³/mol. The van der Waals surface area contributed by atoms with Gasteiger partial charge in [0.15, 0.2) is 17.3 Å². The Bertz CT molecular complexity index is 808. The Morgan fingerprint density at radius 1 is 1.14 bits per heavy atom. The fourth-order valence-corrected chi connectivity index (χ4v) is 3.11. The number of carbonyl (C=O) groups excluding carboxylic acids is 1. The Morgan fingerprint density at radius 2 is 1.89 bits per heavy atom. The summed E-state index contributed by atoms with van der Waals surface area (Å²) in [6.45, 7) is 5.06. The molecule has 0 atom stereocenters. The lowest BCUT2D eigenvalue weighted by atomic mass is 10.1. The van der Waals surface area contributed by atoms with Crippen molar-refractivity contribution in [2.75, 3.05) is 57.2 Å². The van der Waals surface area contributed by atoms with E-state index in [1.165, 1.54) is 0 Å². The number of rotatable bonds is 7. The first-order valence-electron chi connectivity index (χ1n) is 9.25. The smallest absolute Gasteiger partial charge is 0.247 e. The monoisotopic (exact) mass is 386 g/mol. The average molecular weight is 386 g/mol. The second-order valence-corrected chi connectivity index (χ2v) is 6.50. The van der Waals surface area contributed by atoms with Crippen molar-refractivity contribution in [3.05, 3.63) is 30.0 Å². The van der Waals surface area contributed by atoms with Crippen molar-refractivity contribution < 1.29 is 14.3 Å². The van der Waals surface area contributed by atoms with Crippen LogP contribution < -0.4 is 19.7 Å². The van der Waals surface area contributed by atoms with Gasteiger partial charge in [0.05, 0.1) is 20.4 Å². The molecule has 2 aromatic rings. The van der Waals surface area contributed by atoms with Crippen LogP contribution in [0.25, 0.3) is 0 Å². The van der Waals surface area contributed by atoms with Crippen LogP contribution in [0.2, 0.25) is 0 Å². The number of nitrogens with zero attached hydrogens (tertiary/aromatic N) is 5. The van der Waals surface area contributed by atoms with E-state index in [1.807, 2.05) is 28.0 Å². The predicted octanol–water partition coefficient (Wildman–Crippen LogP) is 1.21. The summed E-state index contributed by atoms with van der Waals surface area (Å²) < 4.78 is 10.6. The average Bonchev–Trinajstić information content (AvgIpc) is 2.74. The SMILES string of the molecule is COc1ccc(CCNc2cnnc(N3CCN(C(C)=O)CC3)n2)cc1OC. The number of anilines is 2. The Balaban J connectivity index is 1.55. The molecule has 1 amide bonds. The van der Waals surface area contributed by atoms with Crippen molar-refractivity contribution in [2.24, 2.45) is 0 Å². The van der Waals surface area contributed by atoms with Crippen LogP contribution in [0.15, 0.2) is 24.4 Å². The number of benzene rings is 1. The number of ether oxygens (including phenoxy) is 2. The van der Waals surface area contributed by atoms with Gasteiger partial charge in [-0.2, -0.15) is 10.1 Å². The van der Waals surface area contributed by atoms with Crippen LogP contribution >= 0.6 is 0 Å². The van der Waals surface area contributed by atoms with Gasteiger partial charge < -0.3 is 24.6 Å². The minimum absolute atomic E-state index is 0.101. The second-order valence-electron chi connectivity index (χ2n) is 6.50. The van der Waals surface area contributed by atoms with E-state index in [-0.39, 0.29) is 5.91 Å². The normalized spacial score (nSPS) is 14.0. The Kier molecular flexibility index (Phi) is 6.46. The van der Waals surface area contributed by atoms with Crippen LogP contribution in [-0.2, 0) is 11.2 Å². The maximum atomic E-state index is 11.4. The number of piperazine rings is 1. The van der Waals surface area contributed by atoms with Gasteiger partial charge in [0.25, 0.3) is 0 Å². The highest BCUT2D eigenvalue weighted by Gasteiger charge is 2.20. The maximum Gasteiger partial charge on any atom is 0.247 e. The zero-order valence-corrected chi connectivity index (χ0v) is 16.5. The number of amides is 1. The van der Waals surface area contributed by atoms with Crippen LogP contribution in [0.4, 0.5) is 11.8 Å². The highest BCUT2D eigenvalue weighted by Crippen LogP contribution is 2.27. The van der Waals surface area contributed by atoms with Gasteiger partial charge in [-0.3, -0.25) is 4.79 Å². The van der Waals surface area contributed by atoms with Crippen LogP contribution in [0.5, 0.6) is 11.5 Å². The van der Waals surface area contributed by atoms with Gasteiger partial charge in [0.1, 0.15) is 0 Å². The highest BCUT2D eigenvalue weighted by atomic mass is 16.5. The van der Waals surface area contributed by atoms with E-state index in [0.717, 1.165) is 17.7 Å². The van der Waals surface area contributed by atoms with Crippen molar-refractivity contribution in [3.63, 3.8) is 0 Å². The van der Waals surface area contributed by atoms with Crippen LogP contribution in [-0.4, -0.2) is 72.9 Å². The fraction of sp³-hybridized carbons (Fsp3) is 0.474. The van der Waals surface area contributed by atoms with E-state index in [9.17, 15) is 4.79 Å². The Morgan fingerprint density at radius 3 is 2.57 bits per heavy atom. The van der Waals surface area contributed by atoms with E-state index < -0.39 is 0 Å². The first kappa shape index (κ1) is 19.7. The topological polar surface area (TPSA) is 92.7 Å². The van der Waals surface area contributed by atoms with E-state index in [4.69, 9.17) is 9.47 Å². The lowest BCUT2D eigenvalue weighted by Gasteiger charge is -2.33. The number of carbonyl (C=O) groups is 1. The molecular weight excluding hydrogens is 360 g/mol. The fourth-order valence-electron chi connectivity index (χ4n) is 3.11. The van der Waals surface area contributed by atoms with Crippen molar-refractivity contribution in [3.8, 4) is 11.5 Å². The third-order valence-corrected chi connectivity index (χ3v) is 4.72. The minimum atomic E-state index is 0.101. The van der Waals surface area contributed by atoms with Gasteiger partial charge >= 0.3 is 0 Å². The summed E-state index contributed by atoms with van der Waals surface area (Å²) >= 11 is 0. The lowest BCUT2D eigenvalue weighted by Crippen LogP contribution is -2.48. The summed E-state index contributed by atoms with van der Waals surface area (Å²) in [7, 11) is 3.25. The van der Waals surface area contributed by atoms with Crippen molar-refractivity contribution in [2.45, 2.75) is 13.3 Å². The van der Waals surface area contributed by atoms with Crippen LogP contribution in [0.3, 0.4) is 0 Å². The summed E-state index contributed by atoms with van der Waals surface area (Å²) in [5, 5.41) is 11.5. The standard InChI is InChI=1S/C19H26N6O3/c1-14(26)24-8-10-25(11-9-24)19-22-18(13-21-23-19)20-7-6-15-4-5-16(27-2)17(12-15)28-3/h4-5,12-13H,6-11H2,1-3H3,(H,20,22,23). The molecule has 0 unspecified atom stereocenters. The first-order chi connectivity index (χ1) is 13.6. The molecule has 2 heterocycles. The molecule has 0 aliphatic carbocycles. The van der Waals surface area contributed by atoms with E-state index in [1.54, 1.807) is 27.3 Å². The number of hydrogen-bond donors (Lipinski definition) is 1. The highest BCUT2D eigenvalue weighted by molar-refractivity contribution is 5.73. The molecule has 9 heteroatoms. The Labute approximate surface area is 164 Å². The second kappa shape index (κ2) is 9.20. The summed E-state index contributed by atoms with van der Waals surface area (Å²) in [5.74, 6) is 2.80. The molecular formula is C19H26N6O3. The molecule has 1 aliphatic rings. The van der Waals surface area contributed by atoms with Gasteiger partial charge in [0.2, 0.25) is 11.9 Å². The van der Waals surface area contributed by atoms with Crippen LogP contribution in [0.1, 0.15) is 12.5 Å². The molecule has 28 heavy (non-hydrogen) atoms. The summed E-state index contributed by atoms with van der Waals surface area (Å²) in [6, 6.07) is 5.89. The molecule has 1 fully saturated rings. The van der Waals surface area contributed by atoms with Crippen LogP contribution in [0, 0.1) is 0 Å². The molecule has 1 aromatic carbocycles. The van der Waals surface area contributed by atoms with Crippen molar-refractivity contribution in [1.82, 2.24) is 20.1 Å². The molecule has 1 aliphatic heterocycles. The Hall–Kier alpha value is -3.10. The lowest BCUT2D eigenvalue weighted by molar-refractivity contribution is -0.129. The van der Waals surface area contributed by atoms with Crippen molar-refractivity contribution >= 4 is 17.7 Å². The van der Waals surface area contributed by atoms with Gasteiger partial charge in [0, 0.05) is 39.6 Å². The summed E-state index contributed by atoms with van der Waals surface area (Å²) in [4.78, 5) is 19.9. The molecule has 9 nitrogen and oxygen atoms in total. The summed E-state index contributed by atoms with van der Waals surface area (Å²) in [5.41, 5.74) is 1.13. The zero-order valence-electron chi connectivity index (χ0n) is 16.5. The van der Waals surface area contributed by atoms with Crippen molar-refractivity contribution in [1.29, 1.82) is 0 Å². The van der Waals surface area contributed by atoms with Gasteiger partial charge in [-0.15, -0.1) is 5.10 Å². The molecule has 1 aromatic heterocycles. The molecule has 0 radical (unpaired) electrons. The van der Waals surface area contributed by atoms with Gasteiger partial charge in [-0.25, -0.2) is 0 Å². The quantitative estimate of drug-likeness (QED) is 0.759. The molecule has 0 saturated carbocycles. The number of hydrogen-bond acceptors (Lipinski definition) is 8. The van der Waals surface area contributed by atoms with E-state index >= 15 is 0 Å². The van der Waals surface area contributed by atoms with Gasteiger partial charge in [-0.1, -0.05) is 6.07 Å². The zero-order chi connectivity index (χ0) is 19.9. The molecule has 3 rings (SSSR count). The number of methoxy groups -OCH3 is 2. The molecule has 1 saturated heterocycles. The third-order valence-electron chi connectivity index (χ3n) is 4.72.